The summed E-state index contributed by atoms with van der Waals surface area (Å²) in [5.41, 5.74) is 1.10. The molecule has 130 valence electrons. The van der Waals surface area contributed by atoms with Gasteiger partial charge >= 0.3 is 0 Å². The van der Waals surface area contributed by atoms with Crippen molar-refractivity contribution in [3.05, 3.63) is 54.4 Å². The Hall–Kier alpha value is -1.57. The second kappa shape index (κ2) is 9.05. The van der Waals surface area contributed by atoms with Crippen LogP contribution in [0, 0.1) is 0 Å². The van der Waals surface area contributed by atoms with E-state index in [1.807, 2.05) is 36.2 Å². The highest BCUT2D eigenvalue weighted by Gasteiger charge is 2.16. The van der Waals surface area contributed by atoms with Gasteiger partial charge in [0, 0.05) is 31.7 Å². The number of hydrogen-bond acceptors (Lipinski definition) is 5. The molecule has 0 spiro atoms. The van der Waals surface area contributed by atoms with Crippen LogP contribution in [0.1, 0.15) is 5.69 Å². The highest BCUT2D eigenvalue weighted by Crippen LogP contribution is 2.18. The number of aromatic nitrogens is 1. The van der Waals surface area contributed by atoms with Gasteiger partial charge in [-0.15, -0.1) is 0 Å². The van der Waals surface area contributed by atoms with Gasteiger partial charge in [0.05, 0.1) is 11.5 Å². The highest BCUT2D eigenvalue weighted by molar-refractivity contribution is 7.99. The standard InChI is InChI=1S/C17H22N2O3S2/c1-19(2)24(20,21)17-8-6-16(7-9-17)22-12-14-23-13-10-15-5-3-4-11-18-15/h3-9,11H,10,12-14H2,1-2H3. The molecule has 0 radical (unpaired) electrons. The number of benzene rings is 1. The number of nitrogens with zero attached hydrogens (tertiary/aromatic N) is 2. The van der Waals surface area contributed by atoms with Crippen LogP contribution in [0.4, 0.5) is 0 Å². The van der Waals surface area contributed by atoms with Crippen molar-refractivity contribution in [1.29, 1.82) is 0 Å². The van der Waals surface area contributed by atoms with Gasteiger partial charge in [0.15, 0.2) is 0 Å². The zero-order chi connectivity index (χ0) is 17.4. The Morgan fingerprint density at radius 3 is 2.46 bits per heavy atom. The molecular weight excluding hydrogens is 344 g/mol. The van der Waals surface area contributed by atoms with E-state index < -0.39 is 10.0 Å². The van der Waals surface area contributed by atoms with Crippen molar-refractivity contribution in [3.8, 4) is 5.75 Å². The van der Waals surface area contributed by atoms with Crippen molar-refractivity contribution < 1.29 is 13.2 Å². The first kappa shape index (κ1) is 18.8. The molecule has 0 saturated carbocycles. The molecular formula is C17H22N2O3S2. The van der Waals surface area contributed by atoms with Crippen LogP contribution < -0.4 is 4.74 Å². The Bertz CT molecular complexity index is 717. The van der Waals surface area contributed by atoms with Gasteiger partial charge in [-0.1, -0.05) is 6.07 Å². The van der Waals surface area contributed by atoms with Crippen LogP contribution in [0.2, 0.25) is 0 Å². The predicted octanol–water partition coefficient (Wildman–Crippen LogP) is 2.69. The van der Waals surface area contributed by atoms with Crippen molar-refractivity contribution in [2.24, 2.45) is 0 Å². The second-order valence-corrected chi connectivity index (χ2v) is 8.67. The summed E-state index contributed by atoms with van der Waals surface area (Å²) in [6, 6.07) is 12.5. The molecule has 0 amide bonds. The topological polar surface area (TPSA) is 59.5 Å². The van der Waals surface area contributed by atoms with Gasteiger partial charge in [-0.3, -0.25) is 4.98 Å². The Morgan fingerprint density at radius 1 is 1.08 bits per heavy atom. The number of aryl methyl sites for hydroxylation is 1. The average molecular weight is 367 g/mol. The molecule has 7 heteroatoms. The van der Waals surface area contributed by atoms with Crippen LogP contribution >= 0.6 is 11.8 Å². The molecule has 24 heavy (non-hydrogen) atoms. The summed E-state index contributed by atoms with van der Waals surface area (Å²) in [5.74, 6) is 2.56. The van der Waals surface area contributed by atoms with Gasteiger partial charge < -0.3 is 4.74 Å². The van der Waals surface area contributed by atoms with E-state index in [0.717, 1.165) is 23.6 Å². The number of thioether (sulfide) groups is 1. The van der Waals surface area contributed by atoms with Crippen LogP contribution in [0.5, 0.6) is 5.75 Å². The number of ether oxygens (including phenoxy) is 1. The average Bonchev–Trinajstić information content (AvgIpc) is 2.59. The Kier molecular flexibility index (Phi) is 7.08. The molecule has 0 aliphatic rings. The molecule has 0 unspecified atom stereocenters. The molecule has 0 saturated heterocycles. The maximum absolute atomic E-state index is 12.0. The van der Waals surface area contributed by atoms with Gasteiger partial charge in [-0.05, 0) is 48.6 Å². The number of hydrogen-bond donors (Lipinski definition) is 0. The fourth-order valence-electron chi connectivity index (χ4n) is 1.96. The molecule has 0 bridgehead atoms. The monoisotopic (exact) mass is 366 g/mol. The van der Waals surface area contributed by atoms with Gasteiger partial charge in [0.25, 0.3) is 0 Å². The Balaban J connectivity index is 1.69. The van der Waals surface area contributed by atoms with Crippen LogP contribution in [0.15, 0.2) is 53.6 Å². The number of sulfonamides is 1. The third-order valence-electron chi connectivity index (χ3n) is 3.33. The molecule has 2 rings (SSSR count). The van der Waals surface area contributed by atoms with E-state index in [2.05, 4.69) is 4.98 Å². The van der Waals surface area contributed by atoms with Gasteiger partial charge in [-0.25, -0.2) is 12.7 Å². The minimum atomic E-state index is -3.38. The van der Waals surface area contributed by atoms with E-state index in [1.165, 1.54) is 18.4 Å². The minimum Gasteiger partial charge on any atom is -0.493 e. The lowest BCUT2D eigenvalue weighted by Gasteiger charge is -2.12. The molecule has 0 aliphatic heterocycles. The largest absolute Gasteiger partial charge is 0.493 e. The SMILES string of the molecule is CN(C)S(=O)(=O)c1ccc(OCCSCCc2ccccn2)cc1. The lowest BCUT2D eigenvalue weighted by Crippen LogP contribution is -2.22. The van der Waals surface area contributed by atoms with Crippen LogP contribution in [0.3, 0.4) is 0 Å². The summed E-state index contributed by atoms with van der Waals surface area (Å²) in [7, 11) is -0.353. The van der Waals surface area contributed by atoms with Crippen LogP contribution in [0.25, 0.3) is 0 Å². The summed E-state index contributed by atoms with van der Waals surface area (Å²) in [6.07, 6.45) is 2.76. The number of pyridine rings is 1. The quantitative estimate of drug-likeness (QED) is 0.639. The summed E-state index contributed by atoms with van der Waals surface area (Å²) >= 11 is 1.81. The maximum atomic E-state index is 12.0. The molecule has 1 heterocycles. The molecule has 1 aromatic heterocycles. The molecule has 0 atom stereocenters. The third-order valence-corrected chi connectivity index (χ3v) is 6.10. The van der Waals surface area contributed by atoms with Crippen molar-refractivity contribution >= 4 is 21.8 Å². The first-order valence-corrected chi connectivity index (χ1v) is 10.2. The van der Waals surface area contributed by atoms with Crippen LogP contribution in [-0.2, 0) is 16.4 Å². The fourth-order valence-corrected chi connectivity index (χ4v) is 3.62. The Morgan fingerprint density at radius 2 is 1.83 bits per heavy atom. The van der Waals surface area contributed by atoms with E-state index in [4.69, 9.17) is 4.74 Å². The molecule has 2 aromatic rings. The smallest absolute Gasteiger partial charge is 0.242 e. The van der Waals surface area contributed by atoms with Gasteiger partial charge in [0.2, 0.25) is 10.0 Å². The van der Waals surface area contributed by atoms with Crippen molar-refractivity contribution in [3.63, 3.8) is 0 Å². The predicted molar refractivity (Wildman–Crippen MR) is 98.1 cm³/mol. The van der Waals surface area contributed by atoms with E-state index in [0.29, 0.717) is 12.4 Å². The van der Waals surface area contributed by atoms with E-state index in [-0.39, 0.29) is 4.90 Å². The normalized spacial score (nSPS) is 11.6. The molecule has 0 fully saturated rings. The summed E-state index contributed by atoms with van der Waals surface area (Å²) in [5, 5.41) is 0. The minimum absolute atomic E-state index is 0.268. The first-order valence-electron chi connectivity index (χ1n) is 7.63. The second-order valence-electron chi connectivity index (χ2n) is 5.29. The maximum Gasteiger partial charge on any atom is 0.242 e. The zero-order valence-electron chi connectivity index (χ0n) is 13.9. The van der Waals surface area contributed by atoms with Gasteiger partial charge in [0.1, 0.15) is 5.75 Å². The van der Waals surface area contributed by atoms with Crippen LogP contribution in [-0.4, -0.2) is 49.9 Å². The first-order chi connectivity index (χ1) is 11.5. The lowest BCUT2D eigenvalue weighted by molar-refractivity contribution is 0.343. The highest BCUT2D eigenvalue weighted by atomic mass is 32.2. The molecule has 0 aliphatic carbocycles. The summed E-state index contributed by atoms with van der Waals surface area (Å²) < 4.78 is 30.8. The van der Waals surface area contributed by atoms with E-state index >= 15 is 0 Å². The lowest BCUT2D eigenvalue weighted by atomic mass is 10.3. The molecule has 1 aromatic carbocycles. The van der Waals surface area contributed by atoms with E-state index in [1.54, 1.807) is 24.3 Å². The molecule has 0 N–H and O–H groups in total. The molecule has 5 nitrogen and oxygen atoms in total. The Labute approximate surface area is 148 Å². The van der Waals surface area contributed by atoms with Gasteiger partial charge in [-0.2, -0.15) is 11.8 Å². The third kappa shape index (κ3) is 5.51. The van der Waals surface area contributed by atoms with Crippen molar-refractivity contribution in [1.82, 2.24) is 9.29 Å². The summed E-state index contributed by atoms with van der Waals surface area (Å²) in [4.78, 5) is 4.56. The van der Waals surface area contributed by atoms with Crippen molar-refractivity contribution in [2.75, 3.05) is 32.2 Å². The fraction of sp³-hybridized carbons (Fsp3) is 0.353. The van der Waals surface area contributed by atoms with Crippen molar-refractivity contribution in [2.45, 2.75) is 11.3 Å². The zero-order valence-corrected chi connectivity index (χ0v) is 15.5. The summed E-state index contributed by atoms with van der Waals surface area (Å²) in [6.45, 7) is 0.590. The number of rotatable bonds is 9. The van der Waals surface area contributed by atoms with E-state index in [9.17, 15) is 8.42 Å².